The topological polar surface area (TPSA) is 78.9 Å². The van der Waals surface area contributed by atoms with Crippen molar-refractivity contribution in [2.24, 2.45) is 0 Å². The fourth-order valence-electron chi connectivity index (χ4n) is 2.22. The van der Waals surface area contributed by atoms with Gasteiger partial charge >= 0.3 is 5.97 Å². The maximum atomic E-state index is 11.4. The molecular formula is C15H8ClN3O2. The van der Waals surface area contributed by atoms with E-state index in [0.717, 1.165) is 0 Å². The summed E-state index contributed by atoms with van der Waals surface area (Å²) in [6.07, 6.45) is 1.49. The van der Waals surface area contributed by atoms with Crippen LogP contribution < -0.4 is 0 Å². The van der Waals surface area contributed by atoms with Crippen LogP contribution in [0.2, 0.25) is 5.02 Å². The van der Waals surface area contributed by atoms with Crippen LogP contribution in [0.4, 0.5) is 0 Å². The zero-order valence-electron chi connectivity index (χ0n) is 10.6. The van der Waals surface area contributed by atoms with E-state index in [1.165, 1.54) is 12.4 Å². The van der Waals surface area contributed by atoms with Crippen molar-refractivity contribution in [1.82, 2.24) is 9.55 Å². The van der Waals surface area contributed by atoms with Gasteiger partial charge in [0.05, 0.1) is 27.8 Å². The lowest BCUT2D eigenvalue weighted by Gasteiger charge is -2.08. The zero-order chi connectivity index (χ0) is 15.0. The van der Waals surface area contributed by atoms with E-state index in [0.29, 0.717) is 27.3 Å². The van der Waals surface area contributed by atoms with E-state index in [4.69, 9.17) is 11.6 Å². The highest BCUT2D eigenvalue weighted by Crippen LogP contribution is 2.26. The number of hydrogen-bond acceptors (Lipinski definition) is 3. The molecule has 0 fully saturated rings. The average Bonchev–Trinajstić information content (AvgIpc) is 2.90. The van der Waals surface area contributed by atoms with Crippen molar-refractivity contribution in [1.29, 1.82) is 5.26 Å². The highest BCUT2D eigenvalue weighted by molar-refractivity contribution is 6.30. The number of aromatic nitrogens is 2. The van der Waals surface area contributed by atoms with Crippen molar-refractivity contribution >= 4 is 28.6 Å². The lowest BCUT2D eigenvalue weighted by atomic mass is 10.1. The van der Waals surface area contributed by atoms with Crippen LogP contribution >= 0.6 is 11.6 Å². The highest BCUT2D eigenvalue weighted by Gasteiger charge is 2.16. The van der Waals surface area contributed by atoms with Gasteiger partial charge in [-0.3, -0.25) is 4.57 Å². The molecular weight excluding hydrogens is 290 g/mol. The number of fused-ring (bicyclic) bond motifs is 1. The third kappa shape index (κ3) is 2.12. The molecule has 0 aliphatic rings. The van der Waals surface area contributed by atoms with E-state index < -0.39 is 5.97 Å². The molecule has 0 radical (unpaired) electrons. The second kappa shape index (κ2) is 4.93. The van der Waals surface area contributed by atoms with E-state index in [-0.39, 0.29) is 5.56 Å². The molecule has 3 rings (SSSR count). The normalized spacial score (nSPS) is 10.5. The third-order valence-electron chi connectivity index (χ3n) is 3.14. The zero-order valence-corrected chi connectivity index (χ0v) is 11.4. The molecule has 0 spiro atoms. The Kier molecular flexibility index (Phi) is 3.09. The molecule has 21 heavy (non-hydrogen) atoms. The molecule has 1 N–H and O–H groups in total. The van der Waals surface area contributed by atoms with E-state index in [1.54, 1.807) is 34.9 Å². The molecule has 0 bridgehead atoms. The number of carboxylic acid groups (broad SMARTS) is 1. The summed E-state index contributed by atoms with van der Waals surface area (Å²) in [7, 11) is 0. The number of halogens is 1. The fourth-order valence-corrected chi connectivity index (χ4v) is 2.39. The molecule has 1 aromatic heterocycles. The Morgan fingerprint density at radius 2 is 2.14 bits per heavy atom. The molecule has 3 aromatic rings. The second-order valence-corrected chi connectivity index (χ2v) is 4.80. The van der Waals surface area contributed by atoms with Crippen LogP contribution in [0.3, 0.4) is 0 Å². The van der Waals surface area contributed by atoms with E-state index in [2.05, 4.69) is 11.1 Å². The number of aromatic carboxylic acids is 1. The SMILES string of the molecule is N#Cc1ccc(Cl)cc1-n1cnc2cccc(C(=O)O)c21. The third-order valence-corrected chi connectivity index (χ3v) is 3.37. The summed E-state index contributed by atoms with van der Waals surface area (Å²) in [5, 5.41) is 19.0. The molecule has 0 aliphatic heterocycles. The van der Waals surface area contributed by atoms with Gasteiger partial charge in [-0.05, 0) is 30.3 Å². The van der Waals surface area contributed by atoms with Crippen LogP contribution in [0.5, 0.6) is 0 Å². The van der Waals surface area contributed by atoms with Crippen LogP contribution in [0.25, 0.3) is 16.7 Å². The summed E-state index contributed by atoms with van der Waals surface area (Å²) in [5.41, 5.74) is 1.98. The van der Waals surface area contributed by atoms with E-state index in [1.807, 2.05) is 0 Å². The Bertz CT molecular complexity index is 909. The molecule has 0 amide bonds. The van der Waals surface area contributed by atoms with Gasteiger partial charge in [0.1, 0.15) is 12.4 Å². The largest absolute Gasteiger partial charge is 0.478 e. The summed E-state index contributed by atoms with van der Waals surface area (Å²) in [6.45, 7) is 0. The van der Waals surface area contributed by atoms with Crippen LogP contribution in [0.1, 0.15) is 15.9 Å². The van der Waals surface area contributed by atoms with Gasteiger partial charge in [0, 0.05) is 5.02 Å². The predicted octanol–water partition coefficient (Wildman–Crippen LogP) is 3.25. The van der Waals surface area contributed by atoms with Crippen LogP contribution in [-0.4, -0.2) is 20.6 Å². The van der Waals surface area contributed by atoms with Gasteiger partial charge in [-0.1, -0.05) is 17.7 Å². The van der Waals surface area contributed by atoms with Crippen molar-refractivity contribution in [2.75, 3.05) is 0 Å². The standard InChI is InChI=1S/C15H8ClN3O2/c16-10-5-4-9(7-17)13(6-10)19-8-18-12-3-1-2-11(14(12)19)15(20)21/h1-6,8H,(H,20,21). The maximum Gasteiger partial charge on any atom is 0.337 e. The molecule has 0 unspecified atom stereocenters. The fraction of sp³-hybridized carbons (Fsp3) is 0. The van der Waals surface area contributed by atoms with Crippen molar-refractivity contribution in [3.63, 3.8) is 0 Å². The number of benzene rings is 2. The Balaban J connectivity index is 2.39. The second-order valence-electron chi connectivity index (χ2n) is 4.37. The molecule has 6 heteroatoms. The first-order valence-electron chi connectivity index (χ1n) is 6.01. The molecule has 0 aliphatic carbocycles. The van der Waals surface area contributed by atoms with Crippen molar-refractivity contribution < 1.29 is 9.90 Å². The molecule has 0 saturated carbocycles. The number of rotatable bonds is 2. The summed E-state index contributed by atoms with van der Waals surface area (Å²) < 4.78 is 1.57. The number of nitrogens with zero attached hydrogens (tertiary/aromatic N) is 3. The van der Waals surface area contributed by atoms with Crippen LogP contribution in [0.15, 0.2) is 42.7 Å². The maximum absolute atomic E-state index is 11.4. The Morgan fingerprint density at radius 1 is 1.33 bits per heavy atom. The lowest BCUT2D eigenvalue weighted by Crippen LogP contribution is -2.03. The summed E-state index contributed by atoms with van der Waals surface area (Å²) >= 11 is 5.98. The smallest absolute Gasteiger partial charge is 0.337 e. The minimum absolute atomic E-state index is 0.119. The van der Waals surface area contributed by atoms with Crippen molar-refractivity contribution in [3.05, 3.63) is 58.9 Å². The first-order chi connectivity index (χ1) is 10.1. The molecule has 2 aromatic carbocycles. The molecule has 1 heterocycles. The monoisotopic (exact) mass is 297 g/mol. The number of hydrogen-bond donors (Lipinski definition) is 1. The van der Waals surface area contributed by atoms with Gasteiger partial charge in [-0.15, -0.1) is 0 Å². The molecule has 0 saturated heterocycles. The minimum Gasteiger partial charge on any atom is -0.478 e. The van der Waals surface area contributed by atoms with Crippen molar-refractivity contribution in [2.45, 2.75) is 0 Å². The quantitative estimate of drug-likeness (QED) is 0.787. The molecule has 5 nitrogen and oxygen atoms in total. The number of imidazole rings is 1. The lowest BCUT2D eigenvalue weighted by molar-refractivity contribution is 0.0698. The first kappa shape index (κ1) is 13.2. The predicted molar refractivity (Wildman–Crippen MR) is 77.8 cm³/mol. The molecule has 102 valence electrons. The number of para-hydroxylation sites is 1. The van der Waals surface area contributed by atoms with Gasteiger partial charge in [0.25, 0.3) is 0 Å². The summed E-state index contributed by atoms with van der Waals surface area (Å²) in [4.78, 5) is 15.6. The van der Waals surface area contributed by atoms with E-state index in [9.17, 15) is 15.2 Å². The van der Waals surface area contributed by atoms with Gasteiger partial charge in [-0.2, -0.15) is 5.26 Å². The van der Waals surface area contributed by atoms with Gasteiger partial charge in [0.15, 0.2) is 0 Å². The van der Waals surface area contributed by atoms with Gasteiger partial charge in [-0.25, -0.2) is 9.78 Å². The number of carboxylic acids is 1. The minimum atomic E-state index is -1.05. The van der Waals surface area contributed by atoms with Crippen LogP contribution in [-0.2, 0) is 0 Å². The summed E-state index contributed by atoms with van der Waals surface area (Å²) in [5.74, 6) is -1.05. The summed E-state index contributed by atoms with van der Waals surface area (Å²) in [6, 6.07) is 11.7. The van der Waals surface area contributed by atoms with E-state index >= 15 is 0 Å². The Hall–Kier alpha value is -2.84. The number of carbonyl (C=O) groups is 1. The Morgan fingerprint density at radius 3 is 2.86 bits per heavy atom. The van der Waals surface area contributed by atoms with Crippen molar-refractivity contribution in [3.8, 4) is 11.8 Å². The average molecular weight is 298 g/mol. The van der Waals surface area contributed by atoms with Gasteiger partial charge < -0.3 is 5.11 Å². The van der Waals surface area contributed by atoms with Crippen LogP contribution in [0, 0.1) is 11.3 Å². The molecule has 0 atom stereocenters. The Labute approximate surface area is 124 Å². The highest BCUT2D eigenvalue weighted by atomic mass is 35.5. The van der Waals surface area contributed by atoms with Gasteiger partial charge in [0.2, 0.25) is 0 Å². The number of nitriles is 1. The first-order valence-corrected chi connectivity index (χ1v) is 6.39.